The third-order valence-electron chi connectivity index (χ3n) is 3.72. The van der Waals surface area contributed by atoms with Crippen molar-refractivity contribution in [2.24, 2.45) is 5.73 Å². The molecule has 2 aromatic carbocycles. The zero-order valence-corrected chi connectivity index (χ0v) is 13.3. The van der Waals surface area contributed by atoms with Crippen LogP contribution < -0.4 is 11.3 Å². The van der Waals surface area contributed by atoms with Gasteiger partial charge in [-0.15, -0.1) is 0 Å². The average Bonchev–Trinajstić information content (AvgIpc) is 2.57. The van der Waals surface area contributed by atoms with E-state index in [4.69, 9.17) is 5.73 Å². The molecule has 0 unspecified atom stereocenters. The van der Waals surface area contributed by atoms with Crippen molar-refractivity contribution in [2.75, 3.05) is 0 Å². The number of nitrogens with two attached hydrogens (primary N) is 1. The Morgan fingerprint density at radius 1 is 1.08 bits per heavy atom. The summed E-state index contributed by atoms with van der Waals surface area (Å²) in [5, 5.41) is 4.44. The Kier molecular flexibility index (Phi) is 4.24. The number of hydrogen-bond acceptors (Lipinski definition) is 3. The lowest BCUT2D eigenvalue weighted by Gasteiger charge is -2.08. The Bertz CT molecular complexity index is 961. The van der Waals surface area contributed by atoms with Gasteiger partial charge in [0.2, 0.25) is 5.91 Å². The van der Waals surface area contributed by atoms with E-state index in [0.717, 1.165) is 22.4 Å². The van der Waals surface area contributed by atoms with Gasteiger partial charge in [0.1, 0.15) is 0 Å². The number of rotatable bonds is 4. The molecule has 1 aromatic heterocycles. The quantitative estimate of drug-likeness (QED) is 0.802. The second-order valence-corrected chi connectivity index (χ2v) is 5.65. The summed E-state index contributed by atoms with van der Waals surface area (Å²) < 4.78 is 1.39. The van der Waals surface area contributed by atoms with E-state index in [1.807, 2.05) is 37.3 Å². The SMILES string of the molecule is Cc1cccc(-c2ccc(=O)n(Cc3cccc(C(N)=O)c3)n2)c1. The molecule has 24 heavy (non-hydrogen) atoms. The minimum absolute atomic E-state index is 0.198. The molecule has 0 spiro atoms. The Balaban J connectivity index is 1.97. The predicted octanol–water partition coefficient (Wildman–Crippen LogP) is 2.37. The fraction of sp³-hybridized carbons (Fsp3) is 0.105. The molecule has 0 aliphatic rings. The van der Waals surface area contributed by atoms with E-state index < -0.39 is 5.91 Å². The molecule has 1 amide bonds. The summed E-state index contributed by atoms with van der Waals surface area (Å²) in [6.07, 6.45) is 0. The van der Waals surface area contributed by atoms with E-state index in [1.165, 1.54) is 10.7 Å². The third-order valence-corrected chi connectivity index (χ3v) is 3.72. The molecule has 0 atom stereocenters. The van der Waals surface area contributed by atoms with E-state index >= 15 is 0 Å². The van der Waals surface area contributed by atoms with E-state index in [2.05, 4.69) is 5.10 Å². The van der Waals surface area contributed by atoms with Crippen LogP contribution in [-0.2, 0) is 6.54 Å². The van der Waals surface area contributed by atoms with E-state index in [9.17, 15) is 9.59 Å². The molecule has 0 aliphatic carbocycles. The van der Waals surface area contributed by atoms with Crippen LogP contribution in [0.15, 0.2) is 65.5 Å². The highest BCUT2D eigenvalue weighted by atomic mass is 16.1. The second-order valence-electron chi connectivity index (χ2n) is 5.65. The maximum Gasteiger partial charge on any atom is 0.267 e. The number of carbonyl (C=O) groups is 1. The number of aryl methyl sites for hydroxylation is 1. The molecule has 120 valence electrons. The van der Waals surface area contributed by atoms with Gasteiger partial charge >= 0.3 is 0 Å². The van der Waals surface area contributed by atoms with Gasteiger partial charge in [-0.05, 0) is 36.8 Å². The summed E-state index contributed by atoms with van der Waals surface area (Å²) >= 11 is 0. The van der Waals surface area contributed by atoms with E-state index in [1.54, 1.807) is 24.3 Å². The zero-order chi connectivity index (χ0) is 17.1. The highest BCUT2D eigenvalue weighted by Gasteiger charge is 2.06. The molecule has 0 saturated heterocycles. The monoisotopic (exact) mass is 319 g/mol. The molecular formula is C19H17N3O2. The lowest BCUT2D eigenvalue weighted by Crippen LogP contribution is -2.23. The summed E-state index contributed by atoms with van der Waals surface area (Å²) in [6.45, 7) is 2.29. The number of benzene rings is 2. The largest absolute Gasteiger partial charge is 0.366 e. The number of hydrogen-bond donors (Lipinski definition) is 1. The average molecular weight is 319 g/mol. The number of carbonyl (C=O) groups excluding carboxylic acids is 1. The zero-order valence-electron chi connectivity index (χ0n) is 13.3. The third kappa shape index (κ3) is 3.41. The smallest absolute Gasteiger partial charge is 0.267 e. The van der Waals surface area contributed by atoms with Crippen molar-refractivity contribution in [2.45, 2.75) is 13.5 Å². The molecule has 2 N–H and O–H groups in total. The molecule has 0 saturated carbocycles. The molecule has 0 fully saturated rings. The Morgan fingerprint density at radius 2 is 1.88 bits per heavy atom. The lowest BCUT2D eigenvalue weighted by atomic mass is 10.1. The van der Waals surface area contributed by atoms with Gasteiger partial charge in [-0.2, -0.15) is 5.10 Å². The van der Waals surface area contributed by atoms with Crippen molar-refractivity contribution in [1.82, 2.24) is 9.78 Å². The molecule has 5 heteroatoms. The normalized spacial score (nSPS) is 10.5. The van der Waals surface area contributed by atoms with Crippen molar-refractivity contribution in [3.8, 4) is 11.3 Å². The van der Waals surface area contributed by atoms with Crippen LogP contribution in [0.2, 0.25) is 0 Å². The summed E-state index contributed by atoms with van der Waals surface area (Å²) in [5.41, 5.74) is 9.11. The van der Waals surface area contributed by atoms with Gasteiger partial charge in [0, 0.05) is 17.2 Å². The van der Waals surface area contributed by atoms with Crippen LogP contribution in [-0.4, -0.2) is 15.7 Å². The Morgan fingerprint density at radius 3 is 2.62 bits per heavy atom. The summed E-state index contributed by atoms with van der Waals surface area (Å²) in [7, 11) is 0. The predicted molar refractivity (Wildman–Crippen MR) is 92.7 cm³/mol. The van der Waals surface area contributed by atoms with Crippen molar-refractivity contribution in [3.63, 3.8) is 0 Å². The molecule has 5 nitrogen and oxygen atoms in total. The van der Waals surface area contributed by atoms with Crippen molar-refractivity contribution in [3.05, 3.63) is 87.7 Å². The fourth-order valence-electron chi connectivity index (χ4n) is 2.52. The van der Waals surface area contributed by atoms with Crippen LogP contribution in [0.3, 0.4) is 0 Å². The van der Waals surface area contributed by atoms with Gasteiger partial charge < -0.3 is 5.73 Å². The molecule has 0 bridgehead atoms. The number of nitrogens with zero attached hydrogens (tertiary/aromatic N) is 2. The van der Waals surface area contributed by atoms with Crippen molar-refractivity contribution < 1.29 is 4.79 Å². The second kappa shape index (κ2) is 6.50. The first kappa shape index (κ1) is 15.7. The van der Waals surface area contributed by atoms with Crippen LogP contribution >= 0.6 is 0 Å². The molecule has 3 rings (SSSR count). The van der Waals surface area contributed by atoms with Crippen LogP contribution in [0.5, 0.6) is 0 Å². The lowest BCUT2D eigenvalue weighted by molar-refractivity contribution is 0.1000. The summed E-state index contributed by atoms with van der Waals surface area (Å²) in [6, 6.07) is 18.1. The van der Waals surface area contributed by atoms with Gasteiger partial charge in [0.15, 0.2) is 0 Å². The molecule has 1 heterocycles. The van der Waals surface area contributed by atoms with Crippen LogP contribution in [0.25, 0.3) is 11.3 Å². The van der Waals surface area contributed by atoms with Crippen molar-refractivity contribution >= 4 is 5.91 Å². The molecular weight excluding hydrogens is 302 g/mol. The number of primary amides is 1. The standard InChI is InChI=1S/C19H17N3O2/c1-13-4-2-6-15(10-13)17-8-9-18(23)22(21-17)12-14-5-3-7-16(11-14)19(20)24/h2-11H,12H2,1H3,(H2,20,24). The maximum atomic E-state index is 12.1. The topological polar surface area (TPSA) is 78.0 Å². The van der Waals surface area contributed by atoms with Crippen LogP contribution in [0.4, 0.5) is 0 Å². The first-order chi connectivity index (χ1) is 11.5. The molecule has 0 radical (unpaired) electrons. The molecule has 0 aliphatic heterocycles. The number of amides is 1. The maximum absolute atomic E-state index is 12.1. The van der Waals surface area contributed by atoms with Crippen LogP contribution in [0.1, 0.15) is 21.5 Å². The number of aromatic nitrogens is 2. The Labute approximate surface area is 139 Å². The van der Waals surface area contributed by atoms with Crippen LogP contribution in [0, 0.1) is 6.92 Å². The minimum atomic E-state index is -0.495. The molecule has 3 aromatic rings. The first-order valence-corrected chi connectivity index (χ1v) is 7.57. The van der Waals surface area contributed by atoms with E-state index in [0.29, 0.717) is 5.56 Å². The van der Waals surface area contributed by atoms with Gasteiger partial charge in [-0.3, -0.25) is 9.59 Å². The Hall–Kier alpha value is -3.21. The van der Waals surface area contributed by atoms with Gasteiger partial charge in [0.25, 0.3) is 5.56 Å². The van der Waals surface area contributed by atoms with Gasteiger partial charge in [0.05, 0.1) is 12.2 Å². The highest BCUT2D eigenvalue weighted by Crippen LogP contribution is 2.16. The van der Waals surface area contributed by atoms with Gasteiger partial charge in [-0.1, -0.05) is 35.9 Å². The highest BCUT2D eigenvalue weighted by molar-refractivity contribution is 5.92. The van der Waals surface area contributed by atoms with Crippen molar-refractivity contribution in [1.29, 1.82) is 0 Å². The van der Waals surface area contributed by atoms with Gasteiger partial charge in [-0.25, -0.2) is 4.68 Å². The summed E-state index contributed by atoms with van der Waals surface area (Å²) in [5.74, 6) is -0.495. The minimum Gasteiger partial charge on any atom is -0.366 e. The fourth-order valence-corrected chi connectivity index (χ4v) is 2.52. The van der Waals surface area contributed by atoms with E-state index in [-0.39, 0.29) is 12.1 Å². The summed E-state index contributed by atoms with van der Waals surface area (Å²) in [4.78, 5) is 23.4. The first-order valence-electron chi connectivity index (χ1n) is 7.57.